The zero-order chi connectivity index (χ0) is 33.3. The lowest BCUT2D eigenvalue weighted by molar-refractivity contribution is 0.465. The van der Waals surface area contributed by atoms with Gasteiger partial charge in [-0.3, -0.25) is 4.99 Å². The molecule has 0 amide bonds. The van der Waals surface area contributed by atoms with Crippen LogP contribution in [0.1, 0.15) is 16.7 Å². The van der Waals surface area contributed by atoms with Crippen molar-refractivity contribution in [1.29, 1.82) is 0 Å². The van der Waals surface area contributed by atoms with Crippen LogP contribution in [0.4, 0.5) is 0 Å². The van der Waals surface area contributed by atoms with E-state index in [0.717, 1.165) is 78.3 Å². The summed E-state index contributed by atoms with van der Waals surface area (Å²) in [5, 5.41) is 0. The zero-order valence-corrected chi connectivity index (χ0v) is 27.2. The standard InChI is InChI=1S/C45H31BN2O2/c1-3-13-31(14-4-1)29-47-45(33-16-5-2-6-17-33)48-30-32-15-11-18-34(25-32)35-19-12-20-36(26-35)37-27-42-44-43(28-37)50-41-24-10-8-22-39(41)46(44)38-21-7-9-23-40(38)49-42/h1-29H,30H2. The Morgan fingerprint density at radius 1 is 0.500 bits per heavy atom. The number of nitrogens with zero attached hydrogens (tertiary/aromatic N) is 2. The van der Waals surface area contributed by atoms with E-state index in [9.17, 15) is 0 Å². The molecule has 0 fully saturated rings. The van der Waals surface area contributed by atoms with Gasteiger partial charge in [-0.15, -0.1) is 0 Å². The normalized spacial score (nSPS) is 12.8. The van der Waals surface area contributed by atoms with E-state index in [4.69, 9.17) is 19.5 Å². The largest absolute Gasteiger partial charge is 0.458 e. The maximum absolute atomic E-state index is 6.55. The van der Waals surface area contributed by atoms with Crippen LogP contribution in [0.15, 0.2) is 180 Å². The number of ether oxygens (including phenoxy) is 2. The molecule has 2 aliphatic heterocycles. The maximum Gasteiger partial charge on any atom is 0.260 e. The summed E-state index contributed by atoms with van der Waals surface area (Å²) in [5.74, 6) is 4.16. The summed E-state index contributed by atoms with van der Waals surface area (Å²) >= 11 is 0. The van der Waals surface area contributed by atoms with Crippen LogP contribution in [0.25, 0.3) is 22.3 Å². The molecule has 2 heterocycles. The van der Waals surface area contributed by atoms with Gasteiger partial charge in [0.25, 0.3) is 6.71 Å². The number of aliphatic imine (C=N–C) groups is 2. The third-order valence-electron chi connectivity index (χ3n) is 9.33. The van der Waals surface area contributed by atoms with Crippen molar-refractivity contribution in [2.45, 2.75) is 6.54 Å². The molecular weight excluding hydrogens is 611 g/mol. The third kappa shape index (κ3) is 5.69. The number of fused-ring (bicyclic) bond motifs is 4. The first kappa shape index (κ1) is 29.7. The number of hydrogen-bond acceptors (Lipinski definition) is 3. The van der Waals surface area contributed by atoms with Crippen LogP contribution in [0, 0.1) is 0 Å². The molecule has 0 unspecified atom stereocenters. The summed E-state index contributed by atoms with van der Waals surface area (Å²) in [4.78, 5) is 9.76. The molecule has 9 rings (SSSR count). The fourth-order valence-electron chi connectivity index (χ4n) is 6.92. The molecule has 0 N–H and O–H groups in total. The fourth-order valence-corrected chi connectivity index (χ4v) is 6.92. The van der Waals surface area contributed by atoms with E-state index in [1.807, 2.05) is 79.0 Å². The van der Waals surface area contributed by atoms with Crippen LogP contribution in [0.2, 0.25) is 0 Å². The summed E-state index contributed by atoms with van der Waals surface area (Å²) in [6.45, 7) is 0.573. The van der Waals surface area contributed by atoms with Crippen molar-refractivity contribution in [3.63, 3.8) is 0 Å². The Hall–Kier alpha value is -6.46. The van der Waals surface area contributed by atoms with Crippen LogP contribution in [0.3, 0.4) is 0 Å². The second kappa shape index (κ2) is 12.9. The van der Waals surface area contributed by atoms with Crippen LogP contribution < -0.4 is 25.9 Å². The minimum atomic E-state index is 0.0621. The molecule has 0 aliphatic carbocycles. The van der Waals surface area contributed by atoms with Crippen molar-refractivity contribution < 1.29 is 9.47 Å². The van der Waals surface area contributed by atoms with Crippen molar-refractivity contribution in [2.24, 2.45) is 9.98 Å². The Morgan fingerprint density at radius 3 is 1.74 bits per heavy atom. The molecule has 0 aromatic heterocycles. The highest BCUT2D eigenvalue weighted by atomic mass is 16.5. The van der Waals surface area contributed by atoms with Crippen molar-refractivity contribution >= 4 is 35.2 Å². The molecule has 50 heavy (non-hydrogen) atoms. The third-order valence-corrected chi connectivity index (χ3v) is 9.33. The lowest BCUT2D eigenvalue weighted by Gasteiger charge is -2.33. The molecule has 2 aliphatic rings. The van der Waals surface area contributed by atoms with E-state index in [2.05, 4.69) is 97.1 Å². The number of para-hydroxylation sites is 2. The van der Waals surface area contributed by atoms with Crippen LogP contribution in [-0.4, -0.2) is 18.8 Å². The minimum absolute atomic E-state index is 0.0621. The Kier molecular flexibility index (Phi) is 7.63. The summed E-state index contributed by atoms with van der Waals surface area (Å²) in [7, 11) is 0. The number of hydrogen-bond donors (Lipinski definition) is 0. The van der Waals surface area contributed by atoms with Gasteiger partial charge in [0.05, 0.1) is 6.54 Å². The molecule has 7 aromatic carbocycles. The minimum Gasteiger partial charge on any atom is -0.458 e. The molecule has 236 valence electrons. The van der Waals surface area contributed by atoms with Crippen molar-refractivity contribution in [2.75, 3.05) is 0 Å². The average Bonchev–Trinajstić information content (AvgIpc) is 3.18. The van der Waals surface area contributed by atoms with Gasteiger partial charge < -0.3 is 9.47 Å². The van der Waals surface area contributed by atoms with E-state index >= 15 is 0 Å². The number of rotatable bonds is 6. The molecule has 0 saturated carbocycles. The highest BCUT2D eigenvalue weighted by molar-refractivity contribution is 6.98. The lowest BCUT2D eigenvalue weighted by atomic mass is 9.35. The van der Waals surface area contributed by atoms with E-state index in [0.29, 0.717) is 12.4 Å². The number of benzene rings is 7. The molecular formula is C45H31BN2O2. The summed E-state index contributed by atoms with van der Waals surface area (Å²) in [6, 6.07) is 58.4. The van der Waals surface area contributed by atoms with Gasteiger partial charge in [0.1, 0.15) is 23.0 Å². The Bertz CT molecular complexity index is 2350. The van der Waals surface area contributed by atoms with E-state index in [1.54, 1.807) is 0 Å². The van der Waals surface area contributed by atoms with E-state index in [1.165, 1.54) is 0 Å². The van der Waals surface area contributed by atoms with Crippen molar-refractivity contribution in [3.05, 3.63) is 187 Å². The van der Waals surface area contributed by atoms with Crippen molar-refractivity contribution in [3.8, 4) is 45.3 Å². The van der Waals surface area contributed by atoms with E-state index in [-0.39, 0.29) is 6.71 Å². The van der Waals surface area contributed by atoms with Gasteiger partial charge in [0.2, 0.25) is 0 Å². The average molecular weight is 643 g/mol. The van der Waals surface area contributed by atoms with Gasteiger partial charge in [-0.25, -0.2) is 4.99 Å². The number of amidine groups is 1. The van der Waals surface area contributed by atoms with Crippen molar-refractivity contribution in [1.82, 2.24) is 0 Å². The fraction of sp³-hybridized carbons (Fsp3) is 0.0222. The first-order chi connectivity index (χ1) is 24.8. The first-order valence-electron chi connectivity index (χ1n) is 16.9. The molecule has 7 aromatic rings. The molecule has 0 atom stereocenters. The van der Waals surface area contributed by atoms with Gasteiger partial charge in [0.15, 0.2) is 5.84 Å². The van der Waals surface area contributed by atoms with Crippen LogP contribution >= 0.6 is 0 Å². The summed E-state index contributed by atoms with van der Waals surface area (Å²) in [6.07, 6.45) is 1.87. The molecule has 0 radical (unpaired) electrons. The topological polar surface area (TPSA) is 43.2 Å². The maximum atomic E-state index is 6.55. The Labute approximate surface area is 292 Å². The summed E-state index contributed by atoms with van der Waals surface area (Å²) < 4.78 is 13.1. The second-order valence-corrected chi connectivity index (χ2v) is 12.6. The van der Waals surface area contributed by atoms with Gasteiger partial charge in [-0.05, 0) is 80.7 Å². The van der Waals surface area contributed by atoms with Gasteiger partial charge >= 0.3 is 0 Å². The zero-order valence-electron chi connectivity index (χ0n) is 27.2. The Morgan fingerprint density at radius 2 is 1.06 bits per heavy atom. The van der Waals surface area contributed by atoms with Gasteiger partial charge in [-0.1, -0.05) is 133 Å². The van der Waals surface area contributed by atoms with Gasteiger partial charge in [-0.2, -0.15) is 0 Å². The predicted molar refractivity (Wildman–Crippen MR) is 206 cm³/mol. The quantitative estimate of drug-likeness (QED) is 0.103. The predicted octanol–water partition coefficient (Wildman–Crippen LogP) is 8.81. The first-order valence-corrected chi connectivity index (χ1v) is 16.9. The smallest absolute Gasteiger partial charge is 0.260 e. The summed E-state index contributed by atoms with van der Waals surface area (Å²) in [5.41, 5.74) is 10.9. The highest BCUT2D eigenvalue weighted by Gasteiger charge is 2.40. The van der Waals surface area contributed by atoms with E-state index < -0.39 is 0 Å². The van der Waals surface area contributed by atoms with Crippen LogP contribution in [-0.2, 0) is 6.54 Å². The monoisotopic (exact) mass is 642 g/mol. The Balaban J connectivity index is 1.04. The SMILES string of the molecule is C(=NC(=NCc1cccc(-c2cccc(-c3cc4c5c(c3)Oc3ccccc3B5c3ccccc3O4)c2)c1)c1ccccc1)c1ccccc1. The molecule has 5 heteroatoms. The van der Waals surface area contributed by atoms with Crippen LogP contribution in [0.5, 0.6) is 23.0 Å². The lowest BCUT2D eigenvalue weighted by Crippen LogP contribution is -2.57. The molecule has 4 nitrogen and oxygen atoms in total. The molecule has 0 bridgehead atoms. The molecule has 0 spiro atoms. The second-order valence-electron chi connectivity index (χ2n) is 12.6. The highest BCUT2D eigenvalue weighted by Crippen LogP contribution is 2.38. The molecule has 0 saturated heterocycles. The van der Waals surface area contributed by atoms with Gasteiger partial charge in [0, 0.05) is 17.2 Å².